The molecule has 4 rings (SSSR count). The van der Waals surface area contributed by atoms with E-state index in [-0.39, 0.29) is 36.2 Å². The van der Waals surface area contributed by atoms with Crippen LogP contribution in [0.3, 0.4) is 0 Å². The van der Waals surface area contributed by atoms with Gasteiger partial charge in [0, 0.05) is 23.4 Å². The molecule has 3 aromatic rings. The van der Waals surface area contributed by atoms with E-state index in [1.807, 2.05) is 39.0 Å². The highest BCUT2D eigenvalue weighted by Crippen LogP contribution is 2.32. The van der Waals surface area contributed by atoms with Gasteiger partial charge in [-0.05, 0) is 51.1 Å². The Hall–Kier alpha value is -3.85. The fourth-order valence-corrected chi connectivity index (χ4v) is 4.70. The summed E-state index contributed by atoms with van der Waals surface area (Å²) >= 11 is 1.17. The number of ketones is 1. The Morgan fingerprint density at radius 3 is 2.17 bits per heavy atom. The molecule has 2 heterocycles. The van der Waals surface area contributed by atoms with Gasteiger partial charge in [-0.15, -0.1) is 0 Å². The molecule has 9 heteroatoms. The van der Waals surface area contributed by atoms with Crippen LogP contribution >= 0.6 is 11.8 Å². The Morgan fingerprint density at radius 1 is 0.943 bits per heavy atom. The standard InChI is InChI=1S/C26H23N3O5S/c1-15-4-6-18(7-5-15)21(30)14-34-25(33)19-8-10-20(11-9-19)29-23(31)13-22(24(29)32)35-26-27-16(2)12-17(3)28-26/h4-12,22H,13-14H2,1-3H3. The molecule has 1 aliphatic heterocycles. The second kappa shape index (κ2) is 10.2. The number of amides is 2. The molecule has 178 valence electrons. The van der Waals surface area contributed by atoms with Crippen LogP contribution in [0.1, 0.15) is 44.1 Å². The van der Waals surface area contributed by atoms with E-state index in [0.717, 1.165) is 21.9 Å². The SMILES string of the molecule is Cc1ccc(C(=O)COC(=O)c2ccc(N3C(=O)CC(Sc4nc(C)cc(C)n4)C3=O)cc2)cc1. The fourth-order valence-electron chi connectivity index (χ4n) is 3.62. The molecular formula is C26H23N3O5S. The molecule has 2 aromatic carbocycles. The molecule has 0 saturated carbocycles. The first-order valence-corrected chi connectivity index (χ1v) is 11.8. The third-order valence-electron chi connectivity index (χ3n) is 5.38. The van der Waals surface area contributed by atoms with Crippen molar-refractivity contribution in [3.05, 3.63) is 82.7 Å². The van der Waals surface area contributed by atoms with Gasteiger partial charge in [0.05, 0.1) is 11.3 Å². The van der Waals surface area contributed by atoms with Crippen molar-refractivity contribution in [3.8, 4) is 0 Å². The van der Waals surface area contributed by atoms with Crippen LogP contribution in [-0.2, 0) is 14.3 Å². The van der Waals surface area contributed by atoms with Crippen LogP contribution in [0.2, 0.25) is 0 Å². The largest absolute Gasteiger partial charge is 0.454 e. The van der Waals surface area contributed by atoms with E-state index in [9.17, 15) is 19.2 Å². The number of imide groups is 1. The zero-order valence-electron chi connectivity index (χ0n) is 19.5. The van der Waals surface area contributed by atoms with E-state index in [2.05, 4.69) is 9.97 Å². The molecule has 1 unspecified atom stereocenters. The lowest BCUT2D eigenvalue weighted by Gasteiger charge is -2.15. The van der Waals surface area contributed by atoms with Crippen LogP contribution in [0.15, 0.2) is 59.8 Å². The maximum Gasteiger partial charge on any atom is 0.338 e. The summed E-state index contributed by atoms with van der Waals surface area (Å²) in [5.74, 6) is -1.67. The van der Waals surface area contributed by atoms with Gasteiger partial charge in [-0.1, -0.05) is 41.6 Å². The van der Waals surface area contributed by atoms with E-state index >= 15 is 0 Å². The molecule has 35 heavy (non-hydrogen) atoms. The zero-order valence-corrected chi connectivity index (χ0v) is 20.3. The highest BCUT2D eigenvalue weighted by Gasteiger charge is 2.40. The number of ether oxygens (including phenoxy) is 1. The number of carbonyl (C=O) groups excluding carboxylic acids is 4. The van der Waals surface area contributed by atoms with E-state index < -0.39 is 11.2 Å². The van der Waals surface area contributed by atoms with Gasteiger partial charge in [0.2, 0.25) is 11.8 Å². The smallest absolute Gasteiger partial charge is 0.338 e. The van der Waals surface area contributed by atoms with Gasteiger partial charge in [0.15, 0.2) is 17.5 Å². The molecule has 1 fully saturated rings. The number of benzene rings is 2. The quantitative estimate of drug-likeness (QED) is 0.213. The molecule has 1 atom stereocenters. The number of aromatic nitrogens is 2. The predicted octanol–water partition coefficient (Wildman–Crippen LogP) is 3.87. The number of aryl methyl sites for hydroxylation is 3. The van der Waals surface area contributed by atoms with Gasteiger partial charge in [-0.2, -0.15) is 0 Å². The summed E-state index contributed by atoms with van der Waals surface area (Å²) in [4.78, 5) is 59.9. The average Bonchev–Trinajstić information content (AvgIpc) is 3.09. The average molecular weight is 490 g/mol. The van der Waals surface area contributed by atoms with Gasteiger partial charge >= 0.3 is 5.97 Å². The molecule has 2 amide bonds. The molecule has 1 aromatic heterocycles. The van der Waals surface area contributed by atoms with Crippen molar-refractivity contribution in [2.75, 3.05) is 11.5 Å². The lowest BCUT2D eigenvalue weighted by atomic mass is 10.1. The lowest BCUT2D eigenvalue weighted by molar-refractivity contribution is -0.121. The molecule has 1 saturated heterocycles. The van der Waals surface area contributed by atoms with Crippen molar-refractivity contribution in [1.82, 2.24) is 9.97 Å². The Balaban J connectivity index is 1.39. The van der Waals surface area contributed by atoms with Crippen LogP contribution < -0.4 is 4.90 Å². The number of anilines is 1. The molecule has 8 nitrogen and oxygen atoms in total. The van der Waals surface area contributed by atoms with Gasteiger partial charge < -0.3 is 4.74 Å². The van der Waals surface area contributed by atoms with Crippen LogP contribution in [0.25, 0.3) is 0 Å². The number of hydrogen-bond acceptors (Lipinski definition) is 8. The summed E-state index contributed by atoms with van der Waals surface area (Å²) in [7, 11) is 0. The van der Waals surface area contributed by atoms with E-state index in [4.69, 9.17) is 4.74 Å². The van der Waals surface area contributed by atoms with Crippen molar-refractivity contribution in [3.63, 3.8) is 0 Å². The van der Waals surface area contributed by atoms with Crippen molar-refractivity contribution >= 4 is 41.0 Å². The Bertz CT molecular complexity index is 1290. The molecular weight excluding hydrogens is 466 g/mol. The van der Waals surface area contributed by atoms with E-state index in [0.29, 0.717) is 16.4 Å². The van der Waals surface area contributed by atoms with Crippen LogP contribution in [-0.4, -0.2) is 45.4 Å². The van der Waals surface area contributed by atoms with E-state index in [1.54, 1.807) is 12.1 Å². The second-order valence-electron chi connectivity index (χ2n) is 8.22. The minimum atomic E-state index is -0.670. The number of esters is 1. The summed E-state index contributed by atoms with van der Waals surface area (Å²) in [6.07, 6.45) is 0.0325. The normalized spacial score (nSPS) is 15.4. The van der Waals surface area contributed by atoms with Crippen LogP contribution in [0.4, 0.5) is 5.69 Å². The number of hydrogen-bond donors (Lipinski definition) is 0. The third kappa shape index (κ3) is 5.63. The minimum absolute atomic E-state index is 0.0325. The number of Topliss-reactive ketones (excluding diaryl/α,β-unsaturated/α-hetero) is 1. The first-order valence-electron chi connectivity index (χ1n) is 10.9. The van der Waals surface area contributed by atoms with Gasteiger partial charge in [0.1, 0.15) is 5.25 Å². The van der Waals surface area contributed by atoms with Crippen molar-refractivity contribution in [2.24, 2.45) is 0 Å². The van der Waals surface area contributed by atoms with Crippen molar-refractivity contribution in [2.45, 2.75) is 37.6 Å². The number of rotatable bonds is 7. The monoisotopic (exact) mass is 489 g/mol. The number of thioether (sulfide) groups is 1. The molecule has 0 N–H and O–H groups in total. The predicted molar refractivity (Wildman–Crippen MR) is 130 cm³/mol. The maximum absolute atomic E-state index is 12.9. The summed E-state index contributed by atoms with van der Waals surface area (Å²) in [5, 5.41) is -0.171. The summed E-state index contributed by atoms with van der Waals surface area (Å²) in [5.41, 5.74) is 3.63. The Labute approximate surface area is 206 Å². The topological polar surface area (TPSA) is 107 Å². The number of carbonyl (C=O) groups is 4. The highest BCUT2D eigenvalue weighted by molar-refractivity contribution is 8.00. The second-order valence-corrected chi connectivity index (χ2v) is 9.39. The van der Waals surface area contributed by atoms with Crippen molar-refractivity contribution in [1.29, 1.82) is 0 Å². The van der Waals surface area contributed by atoms with Gasteiger partial charge in [-0.25, -0.2) is 19.7 Å². The van der Waals surface area contributed by atoms with Gasteiger partial charge in [0.25, 0.3) is 0 Å². The molecule has 0 aliphatic carbocycles. The highest BCUT2D eigenvalue weighted by atomic mass is 32.2. The first-order chi connectivity index (χ1) is 16.7. The third-order valence-corrected chi connectivity index (χ3v) is 6.43. The Morgan fingerprint density at radius 2 is 1.54 bits per heavy atom. The Kier molecular flexibility index (Phi) is 7.07. The van der Waals surface area contributed by atoms with E-state index in [1.165, 1.54) is 36.0 Å². The number of nitrogens with zero attached hydrogens (tertiary/aromatic N) is 3. The fraction of sp³-hybridized carbons (Fsp3) is 0.231. The van der Waals surface area contributed by atoms with Crippen LogP contribution in [0.5, 0.6) is 0 Å². The summed E-state index contributed by atoms with van der Waals surface area (Å²) < 4.78 is 5.13. The minimum Gasteiger partial charge on any atom is -0.454 e. The molecule has 1 aliphatic rings. The van der Waals surface area contributed by atoms with Crippen molar-refractivity contribution < 1.29 is 23.9 Å². The summed E-state index contributed by atoms with van der Waals surface area (Å²) in [6.45, 7) is 5.22. The first kappa shape index (κ1) is 24.3. The zero-order chi connectivity index (χ0) is 25.1. The summed E-state index contributed by atoms with van der Waals surface area (Å²) in [6, 6.07) is 14.8. The van der Waals surface area contributed by atoms with Crippen LogP contribution in [0, 0.1) is 20.8 Å². The maximum atomic E-state index is 12.9. The lowest BCUT2D eigenvalue weighted by Crippen LogP contribution is -2.31. The molecule has 0 spiro atoms. The molecule has 0 bridgehead atoms. The molecule has 0 radical (unpaired) electrons. The van der Waals surface area contributed by atoms with Gasteiger partial charge in [-0.3, -0.25) is 14.4 Å².